The van der Waals surface area contributed by atoms with Crippen LogP contribution in [0, 0.1) is 0 Å². The van der Waals surface area contributed by atoms with Gasteiger partial charge < -0.3 is 4.74 Å². The monoisotopic (exact) mass is 407 g/mol. The van der Waals surface area contributed by atoms with E-state index in [2.05, 4.69) is 0 Å². The third-order valence-corrected chi connectivity index (χ3v) is 4.93. The van der Waals surface area contributed by atoms with Crippen LogP contribution in [0.4, 0.5) is 13.2 Å². The fraction of sp³-hybridized carbons (Fsp3) is 0.188. The van der Waals surface area contributed by atoms with Crippen molar-refractivity contribution in [2.75, 3.05) is 6.54 Å². The maximum atomic E-state index is 12.8. The van der Waals surface area contributed by atoms with Gasteiger partial charge >= 0.3 is 12.1 Å². The van der Waals surface area contributed by atoms with E-state index in [1.54, 1.807) is 30.3 Å². The van der Waals surface area contributed by atoms with Crippen LogP contribution in [0.2, 0.25) is 5.02 Å². The Hall–Kier alpha value is -2.10. The standard InChI is InChI=1S/C16H13ClF3NO4S/c17-14-7-6-12(8-13(14)16(18,19)20)26(23,24)21-9-15(22)25-10-11-4-2-1-3-5-11/h1-8,21H,9-10H2. The average molecular weight is 408 g/mol. The van der Waals surface area contributed by atoms with E-state index >= 15 is 0 Å². The van der Waals surface area contributed by atoms with Gasteiger partial charge in [-0.15, -0.1) is 0 Å². The summed E-state index contributed by atoms with van der Waals surface area (Å²) >= 11 is 5.45. The Morgan fingerprint density at radius 3 is 2.38 bits per heavy atom. The van der Waals surface area contributed by atoms with Crippen molar-refractivity contribution in [3.8, 4) is 0 Å². The number of hydrogen-bond acceptors (Lipinski definition) is 4. The highest BCUT2D eigenvalue weighted by molar-refractivity contribution is 7.89. The second-order valence-electron chi connectivity index (χ2n) is 5.11. The molecule has 1 N–H and O–H groups in total. The van der Waals surface area contributed by atoms with Crippen molar-refractivity contribution >= 4 is 27.6 Å². The molecule has 0 bridgehead atoms. The first-order valence-corrected chi connectivity index (χ1v) is 9.01. The van der Waals surface area contributed by atoms with Gasteiger partial charge in [0.15, 0.2) is 0 Å². The van der Waals surface area contributed by atoms with E-state index in [9.17, 15) is 26.4 Å². The van der Waals surface area contributed by atoms with Gasteiger partial charge in [0, 0.05) is 0 Å². The molecule has 10 heteroatoms. The normalized spacial score (nSPS) is 12.0. The Morgan fingerprint density at radius 2 is 1.77 bits per heavy atom. The molecule has 0 unspecified atom stereocenters. The van der Waals surface area contributed by atoms with Crippen molar-refractivity contribution in [2.45, 2.75) is 17.7 Å². The van der Waals surface area contributed by atoms with Gasteiger partial charge in [0.2, 0.25) is 10.0 Å². The van der Waals surface area contributed by atoms with Gasteiger partial charge in [-0.2, -0.15) is 17.9 Å². The number of sulfonamides is 1. The molecule has 0 aliphatic heterocycles. The van der Waals surface area contributed by atoms with E-state index in [1.807, 2.05) is 4.72 Å². The van der Waals surface area contributed by atoms with Gasteiger partial charge in [0.25, 0.3) is 0 Å². The number of alkyl halides is 3. The highest BCUT2D eigenvalue weighted by Gasteiger charge is 2.34. The minimum atomic E-state index is -4.81. The van der Waals surface area contributed by atoms with E-state index in [4.69, 9.17) is 16.3 Å². The molecule has 0 aliphatic carbocycles. The van der Waals surface area contributed by atoms with Gasteiger partial charge in [-0.25, -0.2) is 8.42 Å². The van der Waals surface area contributed by atoms with Crippen molar-refractivity contribution in [3.05, 3.63) is 64.7 Å². The zero-order valence-electron chi connectivity index (χ0n) is 13.1. The zero-order valence-corrected chi connectivity index (χ0v) is 14.7. The molecule has 0 fully saturated rings. The Morgan fingerprint density at radius 1 is 1.12 bits per heavy atom. The Labute approximate surface area is 152 Å². The number of benzene rings is 2. The first-order valence-electron chi connectivity index (χ1n) is 7.15. The summed E-state index contributed by atoms with van der Waals surface area (Å²) in [6, 6.07) is 10.8. The first-order chi connectivity index (χ1) is 12.1. The minimum absolute atomic E-state index is 0.0550. The minimum Gasteiger partial charge on any atom is -0.460 e. The Bertz CT molecular complexity index is 886. The number of esters is 1. The second-order valence-corrected chi connectivity index (χ2v) is 7.28. The molecule has 140 valence electrons. The number of carbonyl (C=O) groups excluding carboxylic acids is 1. The number of halogens is 4. The van der Waals surface area contributed by atoms with Crippen LogP contribution < -0.4 is 4.72 Å². The number of ether oxygens (including phenoxy) is 1. The molecule has 5 nitrogen and oxygen atoms in total. The topological polar surface area (TPSA) is 72.5 Å². The summed E-state index contributed by atoms with van der Waals surface area (Å²) in [5, 5.41) is -0.626. The van der Waals surface area contributed by atoms with Crippen molar-refractivity contribution < 1.29 is 31.1 Å². The van der Waals surface area contributed by atoms with E-state index in [1.165, 1.54) is 0 Å². The lowest BCUT2D eigenvalue weighted by atomic mass is 10.2. The number of carbonyl (C=O) groups is 1. The highest BCUT2D eigenvalue weighted by atomic mass is 35.5. The SMILES string of the molecule is O=C(CNS(=O)(=O)c1ccc(Cl)c(C(F)(F)F)c1)OCc1ccccc1. The molecule has 0 aromatic heterocycles. The van der Waals surface area contributed by atoms with Gasteiger partial charge in [0.05, 0.1) is 15.5 Å². The number of nitrogens with one attached hydrogen (secondary N) is 1. The summed E-state index contributed by atoms with van der Waals surface area (Å²) in [5.74, 6) is -0.873. The summed E-state index contributed by atoms with van der Waals surface area (Å²) in [7, 11) is -4.35. The van der Waals surface area contributed by atoms with Crippen LogP contribution in [-0.4, -0.2) is 20.9 Å². The van der Waals surface area contributed by atoms with Crippen LogP contribution >= 0.6 is 11.6 Å². The predicted molar refractivity (Wildman–Crippen MR) is 87.9 cm³/mol. The maximum absolute atomic E-state index is 12.8. The quantitative estimate of drug-likeness (QED) is 0.745. The largest absolute Gasteiger partial charge is 0.460 e. The predicted octanol–water partition coefficient (Wildman–Crippen LogP) is 3.38. The molecule has 0 amide bonds. The molecule has 0 spiro atoms. The summed E-state index contributed by atoms with van der Waals surface area (Å²) in [5.41, 5.74) is -0.579. The Kier molecular flexibility index (Phi) is 6.27. The maximum Gasteiger partial charge on any atom is 0.417 e. The first kappa shape index (κ1) is 20.2. The fourth-order valence-corrected chi connectivity index (χ4v) is 3.13. The third-order valence-electron chi connectivity index (χ3n) is 3.20. The van der Waals surface area contributed by atoms with Gasteiger partial charge in [-0.3, -0.25) is 4.79 Å². The lowest BCUT2D eigenvalue weighted by molar-refractivity contribution is -0.143. The lowest BCUT2D eigenvalue weighted by Crippen LogP contribution is -2.30. The van der Waals surface area contributed by atoms with Crippen LogP contribution in [-0.2, 0) is 32.3 Å². The van der Waals surface area contributed by atoms with Crippen LogP contribution in [0.1, 0.15) is 11.1 Å². The highest BCUT2D eigenvalue weighted by Crippen LogP contribution is 2.35. The van der Waals surface area contributed by atoms with Gasteiger partial charge in [-0.1, -0.05) is 41.9 Å². The third kappa shape index (κ3) is 5.45. The van der Waals surface area contributed by atoms with Crippen LogP contribution in [0.5, 0.6) is 0 Å². The molecule has 0 saturated carbocycles. The molecule has 26 heavy (non-hydrogen) atoms. The van der Waals surface area contributed by atoms with E-state index in [-0.39, 0.29) is 6.61 Å². The Balaban J connectivity index is 2.01. The molecule has 0 saturated heterocycles. The number of rotatable bonds is 6. The summed E-state index contributed by atoms with van der Waals surface area (Å²) in [4.78, 5) is 11.0. The lowest BCUT2D eigenvalue weighted by Gasteiger charge is -2.12. The summed E-state index contributed by atoms with van der Waals surface area (Å²) in [6.07, 6.45) is -4.81. The second kappa shape index (κ2) is 8.07. The van der Waals surface area contributed by atoms with Crippen LogP contribution in [0.3, 0.4) is 0 Å². The van der Waals surface area contributed by atoms with E-state index in [0.717, 1.165) is 12.1 Å². The molecule has 0 radical (unpaired) electrons. The van der Waals surface area contributed by atoms with Gasteiger partial charge in [0.1, 0.15) is 13.2 Å². The molecule has 0 heterocycles. The number of hydrogen-bond donors (Lipinski definition) is 1. The molecular formula is C16H13ClF3NO4S. The molecular weight excluding hydrogens is 395 g/mol. The average Bonchev–Trinajstić information content (AvgIpc) is 2.58. The molecule has 2 aromatic carbocycles. The van der Waals surface area contributed by atoms with Crippen LogP contribution in [0.15, 0.2) is 53.4 Å². The zero-order chi connectivity index (χ0) is 19.4. The summed E-state index contributed by atoms with van der Waals surface area (Å²) in [6.45, 7) is -0.778. The smallest absolute Gasteiger partial charge is 0.417 e. The van der Waals surface area contributed by atoms with Crippen molar-refractivity contribution in [1.29, 1.82) is 0 Å². The van der Waals surface area contributed by atoms with E-state index < -0.39 is 44.2 Å². The summed E-state index contributed by atoms with van der Waals surface area (Å²) < 4.78 is 69.4. The molecule has 2 rings (SSSR count). The van der Waals surface area contributed by atoms with Crippen molar-refractivity contribution in [3.63, 3.8) is 0 Å². The molecule has 2 aromatic rings. The molecule has 0 aliphatic rings. The van der Waals surface area contributed by atoms with Crippen molar-refractivity contribution in [2.24, 2.45) is 0 Å². The molecule has 0 atom stereocenters. The van der Waals surface area contributed by atoms with Gasteiger partial charge in [-0.05, 0) is 23.8 Å². The van der Waals surface area contributed by atoms with Crippen molar-refractivity contribution in [1.82, 2.24) is 4.72 Å². The van der Waals surface area contributed by atoms with E-state index in [0.29, 0.717) is 11.6 Å². The fourth-order valence-electron chi connectivity index (χ4n) is 1.92. The van der Waals surface area contributed by atoms with Crippen LogP contribution in [0.25, 0.3) is 0 Å².